The third-order valence-corrected chi connectivity index (χ3v) is 8.41. The van der Waals surface area contributed by atoms with Crippen LogP contribution in [0.4, 0.5) is 30.3 Å². The Balaban J connectivity index is 1.60. The zero-order valence-corrected chi connectivity index (χ0v) is 33.5. The maximum absolute atomic E-state index is 14.4. The number of likely N-dealkylation sites (N-methyl/N-ethyl adjacent to an activating group) is 1. The van der Waals surface area contributed by atoms with Crippen LogP contribution in [0, 0.1) is 5.82 Å². The first-order valence-electron chi connectivity index (χ1n) is 18.2. The summed E-state index contributed by atoms with van der Waals surface area (Å²) in [6, 6.07) is 7.86. The second kappa shape index (κ2) is 15.7. The van der Waals surface area contributed by atoms with E-state index in [0.717, 1.165) is 0 Å². The number of carbonyl (C=O) groups is 4. The molecule has 1 fully saturated rings. The monoisotopic (exact) mass is 775 g/mol. The molecule has 4 aromatic rings. The number of imidazole rings is 1. The quantitative estimate of drug-likeness (QED) is 0.199. The van der Waals surface area contributed by atoms with Crippen molar-refractivity contribution in [1.29, 1.82) is 0 Å². The third kappa shape index (κ3) is 9.86. The molecule has 300 valence electrons. The molecule has 2 N–H and O–H groups in total. The van der Waals surface area contributed by atoms with E-state index in [1.54, 1.807) is 85.2 Å². The minimum absolute atomic E-state index is 0.0810. The van der Waals surface area contributed by atoms with E-state index >= 15 is 0 Å². The highest BCUT2D eigenvalue weighted by Crippen LogP contribution is 2.33. The number of aromatic nitrogens is 5. The van der Waals surface area contributed by atoms with Crippen LogP contribution in [0.5, 0.6) is 0 Å². The van der Waals surface area contributed by atoms with Gasteiger partial charge in [0.15, 0.2) is 17.0 Å². The molecule has 0 aliphatic carbocycles. The maximum atomic E-state index is 14.4. The van der Waals surface area contributed by atoms with Gasteiger partial charge >= 0.3 is 18.3 Å². The predicted molar refractivity (Wildman–Crippen MR) is 207 cm³/mol. The van der Waals surface area contributed by atoms with Crippen LogP contribution in [0.1, 0.15) is 80.7 Å². The first-order chi connectivity index (χ1) is 26.1. The molecule has 0 bridgehead atoms. The number of halogens is 1. The number of anilines is 2. The van der Waals surface area contributed by atoms with Gasteiger partial charge in [0, 0.05) is 19.2 Å². The molecule has 1 saturated heterocycles. The van der Waals surface area contributed by atoms with E-state index in [1.807, 2.05) is 11.0 Å². The largest absolute Gasteiger partial charge is 0.444 e. The molecule has 1 unspecified atom stereocenters. The summed E-state index contributed by atoms with van der Waals surface area (Å²) in [5.41, 5.74) is -1.33. The van der Waals surface area contributed by atoms with Crippen molar-refractivity contribution in [1.82, 2.24) is 35.1 Å². The lowest BCUT2D eigenvalue weighted by Crippen LogP contribution is -2.66. The van der Waals surface area contributed by atoms with Gasteiger partial charge in [-0.2, -0.15) is 4.90 Å². The Labute approximate surface area is 325 Å². The summed E-state index contributed by atoms with van der Waals surface area (Å²) in [5.74, 6) is -0.963. The smallest absolute Gasteiger partial charge is 0.425 e. The highest BCUT2D eigenvalue weighted by atomic mass is 19.1. The van der Waals surface area contributed by atoms with Crippen LogP contribution >= 0.6 is 0 Å². The van der Waals surface area contributed by atoms with Crippen LogP contribution in [0.15, 0.2) is 49.2 Å². The number of nitrogens with zero attached hydrogens (tertiary/aromatic N) is 7. The number of nitrogens with one attached hydrogen (secondary N) is 2. The van der Waals surface area contributed by atoms with Gasteiger partial charge in [0.1, 0.15) is 34.5 Å². The van der Waals surface area contributed by atoms with E-state index in [0.29, 0.717) is 46.8 Å². The van der Waals surface area contributed by atoms with Crippen molar-refractivity contribution in [2.24, 2.45) is 0 Å². The number of imide groups is 1. The molecular formula is C39H50FN9O7. The minimum Gasteiger partial charge on any atom is -0.444 e. The van der Waals surface area contributed by atoms with Gasteiger partial charge in [-0.05, 0) is 98.9 Å². The van der Waals surface area contributed by atoms with Gasteiger partial charge in [-0.1, -0.05) is 12.1 Å². The highest BCUT2D eigenvalue weighted by molar-refractivity contribution is 6.12. The average molecular weight is 776 g/mol. The van der Waals surface area contributed by atoms with E-state index in [4.69, 9.17) is 19.2 Å². The number of rotatable bonds is 7. The molecule has 17 heteroatoms. The van der Waals surface area contributed by atoms with Crippen molar-refractivity contribution in [2.45, 2.75) is 104 Å². The Morgan fingerprint density at radius 1 is 0.893 bits per heavy atom. The van der Waals surface area contributed by atoms with Crippen molar-refractivity contribution in [3.8, 4) is 11.3 Å². The zero-order chi connectivity index (χ0) is 41.2. The number of ether oxygens (including phenoxy) is 3. The van der Waals surface area contributed by atoms with Crippen molar-refractivity contribution in [3.05, 3.63) is 60.6 Å². The van der Waals surface area contributed by atoms with E-state index in [2.05, 4.69) is 25.6 Å². The summed E-state index contributed by atoms with van der Waals surface area (Å²) in [7, 11) is 1.51. The molecule has 4 heterocycles. The van der Waals surface area contributed by atoms with E-state index < -0.39 is 46.4 Å². The summed E-state index contributed by atoms with van der Waals surface area (Å²) in [6.45, 7) is 15.9. The zero-order valence-electron chi connectivity index (χ0n) is 33.5. The Morgan fingerprint density at radius 3 is 2.16 bits per heavy atom. The molecule has 0 radical (unpaired) electrons. The van der Waals surface area contributed by atoms with E-state index in [-0.39, 0.29) is 36.0 Å². The second-order valence-electron chi connectivity index (χ2n) is 16.6. The number of amides is 4. The molecular weight excluding hydrogens is 725 g/mol. The Bertz CT molecular complexity index is 2090. The Kier molecular flexibility index (Phi) is 11.6. The number of carbonyl (C=O) groups excluding carboxylic acids is 4. The van der Waals surface area contributed by atoms with E-state index in [9.17, 15) is 23.6 Å². The molecule has 56 heavy (non-hydrogen) atoms. The molecule has 1 aromatic carbocycles. The molecule has 5 rings (SSSR count). The van der Waals surface area contributed by atoms with Gasteiger partial charge in [-0.25, -0.2) is 33.7 Å². The second-order valence-corrected chi connectivity index (χ2v) is 16.6. The maximum Gasteiger partial charge on any atom is 0.425 e. The van der Waals surface area contributed by atoms with Crippen LogP contribution in [-0.2, 0) is 25.5 Å². The molecule has 1 aliphatic heterocycles. The Hall–Kier alpha value is -5.87. The number of alkyl carbamates (subject to hydrolysis) is 1. The number of pyridine rings is 1. The topological polar surface area (TPSA) is 183 Å². The van der Waals surface area contributed by atoms with Crippen LogP contribution in [0.3, 0.4) is 0 Å². The molecule has 3 aromatic heterocycles. The first kappa shape index (κ1) is 41.3. The summed E-state index contributed by atoms with van der Waals surface area (Å²) in [4.78, 5) is 74.2. The molecule has 0 saturated carbocycles. The summed E-state index contributed by atoms with van der Waals surface area (Å²) >= 11 is 0. The van der Waals surface area contributed by atoms with Gasteiger partial charge in [-0.3, -0.25) is 9.78 Å². The normalized spacial score (nSPS) is 16.2. The van der Waals surface area contributed by atoms with Crippen LogP contribution in [-0.4, -0.2) is 91.2 Å². The van der Waals surface area contributed by atoms with E-state index in [1.165, 1.54) is 31.8 Å². The molecule has 0 spiro atoms. The van der Waals surface area contributed by atoms with Gasteiger partial charge in [0.05, 0.1) is 37.0 Å². The highest BCUT2D eigenvalue weighted by Gasteiger charge is 2.45. The number of hydrogen-bond donors (Lipinski definition) is 2. The summed E-state index contributed by atoms with van der Waals surface area (Å²) in [6.07, 6.45) is 2.48. The van der Waals surface area contributed by atoms with Crippen molar-refractivity contribution in [3.63, 3.8) is 0 Å². The summed E-state index contributed by atoms with van der Waals surface area (Å²) in [5, 5.41) is 5.54. The fourth-order valence-corrected chi connectivity index (χ4v) is 6.24. The van der Waals surface area contributed by atoms with Crippen LogP contribution < -0.4 is 20.4 Å². The fraction of sp³-hybridized carbons (Fsp3) is 0.487. The van der Waals surface area contributed by atoms with Gasteiger partial charge in [-0.15, -0.1) is 0 Å². The van der Waals surface area contributed by atoms with Crippen molar-refractivity contribution >= 4 is 46.9 Å². The fourth-order valence-electron chi connectivity index (χ4n) is 6.24. The molecule has 16 nitrogen and oxygen atoms in total. The lowest BCUT2D eigenvalue weighted by molar-refractivity contribution is -0.127. The first-order valence-corrected chi connectivity index (χ1v) is 18.2. The van der Waals surface area contributed by atoms with Crippen molar-refractivity contribution < 1.29 is 37.8 Å². The average Bonchev–Trinajstić information content (AvgIpc) is 3.48. The van der Waals surface area contributed by atoms with Crippen LogP contribution in [0.25, 0.3) is 22.4 Å². The lowest BCUT2D eigenvalue weighted by atomic mass is 9.87. The van der Waals surface area contributed by atoms with Gasteiger partial charge in [0.25, 0.3) is 0 Å². The standard InChI is InChI=1S/C39H50FN9O7/c1-36(2,3)54-33(51)46-39(32(50)41-10)15-12-16-47(21-39)28-19-42-27(24-13-11-14-26(40)17-24)18-25(28)20-48-23-45-29-30(48)43-22-44-31(29)49(34(52)55-37(4,5)6)35(53)56-38(7,8)9/h11,13-14,17-19,22-23H,12,15-16,20-21H2,1-10H3,(H,41,50)(H,46,51). The molecule has 1 atom stereocenters. The number of fused-ring (bicyclic) bond motifs is 1. The SMILES string of the molecule is CNC(=O)C1(NC(=O)OC(C)(C)C)CCCN(c2cnc(-c3cccc(F)c3)cc2Cn2cnc3c(N(C(=O)OC(C)(C)C)C(=O)OC(C)(C)C)ncnc32)C1. The lowest BCUT2D eigenvalue weighted by Gasteiger charge is -2.43. The van der Waals surface area contributed by atoms with Crippen LogP contribution in [0.2, 0.25) is 0 Å². The number of benzene rings is 1. The number of hydrogen-bond acceptors (Lipinski definition) is 12. The van der Waals surface area contributed by atoms with Gasteiger partial charge < -0.3 is 34.3 Å². The van der Waals surface area contributed by atoms with Crippen molar-refractivity contribution in [2.75, 3.05) is 29.9 Å². The molecule has 4 amide bonds. The molecule has 1 aliphatic rings. The number of piperidine rings is 1. The Morgan fingerprint density at radius 2 is 1.55 bits per heavy atom. The van der Waals surface area contributed by atoms with Gasteiger partial charge in [0.2, 0.25) is 5.91 Å². The predicted octanol–water partition coefficient (Wildman–Crippen LogP) is 6.36. The minimum atomic E-state index is -1.34. The summed E-state index contributed by atoms with van der Waals surface area (Å²) < 4.78 is 32.8. The third-order valence-electron chi connectivity index (χ3n) is 8.41.